The Hall–Kier alpha value is -2.57. The lowest BCUT2D eigenvalue weighted by atomic mass is 10.2. The second-order valence-electron chi connectivity index (χ2n) is 6.08. The summed E-state index contributed by atoms with van der Waals surface area (Å²) in [6.45, 7) is 4.04. The van der Waals surface area contributed by atoms with Gasteiger partial charge in [0.05, 0.1) is 6.21 Å². The fourth-order valence-electron chi connectivity index (χ4n) is 2.06. The zero-order valence-corrected chi connectivity index (χ0v) is 17.1. The molecule has 2 rings (SSSR count). The molecule has 1 atom stereocenters. The summed E-state index contributed by atoms with van der Waals surface area (Å²) < 4.78 is 5.69. The van der Waals surface area contributed by atoms with E-state index in [2.05, 4.69) is 15.8 Å². The van der Waals surface area contributed by atoms with Gasteiger partial charge in [0, 0.05) is 21.7 Å². The van der Waals surface area contributed by atoms with E-state index in [0.717, 1.165) is 17.5 Å². The molecule has 0 bridgehead atoms. The molecule has 0 unspecified atom stereocenters. The van der Waals surface area contributed by atoms with Crippen molar-refractivity contribution >= 4 is 41.2 Å². The molecule has 148 valence electrons. The highest BCUT2D eigenvalue weighted by molar-refractivity contribution is 6.35. The molecule has 28 heavy (non-hydrogen) atoms. The van der Waals surface area contributed by atoms with E-state index < -0.39 is 11.8 Å². The van der Waals surface area contributed by atoms with E-state index >= 15 is 0 Å². The molecule has 0 radical (unpaired) electrons. The minimum absolute atomic E-state index is 0.0717. The van der Waals surface area contributed by atoms with E-state index in [1.165, 1.54) is 6.21 Å². The first-order chi connectivity index (χ1) is 13.4. The van der Waals surface area contributed by atoms with Gasteiger partial charge in [0.1, 0.15) is 12.4 Å². The van der Waals surface area contributed by atoms with Gasteiger partial charge in [-0.2, -0.15) is 5.10 Å². The first kappa shape index (κ1) is 21.7. The van der Waals surface area contributed by atoms with Gasteiger partial charge >= 0.3 is 11.8 Å². The number of carbonyl (C=O) groups is 2. The Balaban J connectivity index is 1.84. The van der Waals surface area contributed by atoms with Crippen LogP contribution in [0.1, 0.15) is 31.4 Å². The highest BCUT2D eigenvalue weighted by Gasteiger charge is 2.14. The van der Waals surface area contributed by atoms with Crippen molar-refractivity contribution in [3.8, 4) is 5.75 Å². The molecule has 0 spiro atoms. The van der Waals surface area contributed by atoms with Crippen molar-refractivity contribution < 1.29 is 14.3 Å². The van der Waals surface area contributed by atoms with Crippen molar-refractivity contribution in [1.29, 1.82) is 0 Å². The number of amides is 2. The Morgan fingerprint density at radius 2 is 1.86 bits per heavy atom. The van der Waals surface area contributed by atoms with Gasteiger partial charge < -0.3 is 10.1 Å². The molecule has 0 aliphatic heterocycles. The number of nitrogens with zero attached hydrogens (tertiary/aromatic N) is 1. The van der Waals surface area contributed by atoms with Crippen LogP contribution in [0.4, 0.5) is 0 Å². The molecular formula is C20H21Cl2N3O3. The number of rotatable bonds is 7. The van der Waals surface area contributed by atoms with Crippen LogP contribution in [0.2, 0.25) is 10.0 Å². The number of nitrogens with one attached hydrogen (secondary N) is 2. The van der Waals surface area contributed by atoms with Crippen LogP contribution in [0.15, 0.2) is 47.6 Å². The maximum absolute atomic E-state index is 11.6. The molecule has 0 aromatic heterocycles. The van der Waals surface area contributed by atoms with Crippen LogP contribution in [0, 0.1) is 0 Å². The van der Waals surface area contributed by atoms with Crippen molar-refractivity contribution in [3.63, 3.8) is 0 Å². The summed E-state index contributed by atoms with van der Waals surface area (Å²) in [7, 11) is 0. The topological polar surface area (TPSA) is 79.8 Å². The van der Waals surface area contributed by atoms with Crippen LogP contribution in [0.25, 0.3) is 0 Å². The Morgan fingerprint density at radius 3 is 2.50 bits per heavy atom. The van der Waals surface area contributed by atoms with Crippen LogP contribution < -0.4 is 15.5 Å². The van der Waals surface area contributed by atoms with Crippen LogP contribution in [0.5, 0.6) is 5.75 Å². The van der Waals surface area contributed by atoms with Gasteiger partial charge in [0.15, 0.2) is 0 Å². The summed E-state index contributed by atoms with van der Waals surface area (Å²) in [5, 5.41) is 7.46. The average molecular weight is 422 g/mol. The van der Waals surface area contributed by atoms with E-state index in [0.29, 0.717) is 22.4 Å². The van der Waals surface area contributed by atoms with Gasteiger partial charge in [-0.1, -0.05) is 36.2 Å². The Kier molecular flexibility index (Phi) is 8.29. The Morgan fingerprint density at radius 1 is 1.14 bits per heavy atom. The molecule has 0 heterocycles. The minimum atomic E-state index is -0.809. The van der Waals surface area contributed by atoms with Crippen molar-refractivity contribution in [1.82, 2.24) is 10.7 Å². The number of hydrogen-bond acceptors (Lipinski definition) is 4. The van der Waals surface area contributed by atoms with Gasteiger partial charge in [0.25, 0.3) is 0 Å². The van der Waals surface area contributed by atoms with Crippen LogP contribution in [-0.2, 0) is 16.2 Å². The fourth-order valence-corrected chi connectivity index (χ4v) is 2.52. The fraction of sp³-hybridized carbons (Fsp3) is 0.250. The third-order valence-electron chi connectivity index (χ3n) is 3.87. The lowest BCUT2D eigenvalue weighted by Crippen LogP contribution is -2.41. The summed E-state index contributed by atoms with van der Waals surface area (Å²) in [4.78, 5) is 23.2. The summed E-state index contributed by atoms with van der Waals surface area (Å²) >= 11 is 12.0. The van der Waals surface area contributed by atoms with Crippen molar-refractivity contribution in [3.05, 3.63) is 63.6 Å². The summed E-state index contributed by atoms with van der Waals surface area (Å²) in [5.74, 6) is -0.868. The molecule has 0 saturated carbocycles. The van der Waals surface area contributed by atoms with E-state index in [-0.39, 0.29) is 6.04 Å². The average Bonchev–Trinajstić information content (AvgIpc) is 2.68. The zero-order valence-electron chi connectivity index (χ0n) is 15.5. The number of halogens is 2. The van der Waals surface area contributed by atoms with Gasteiger partial charge in [-0.15, -0.1) is 0 Å². The van der Waals surface area contributed by atoms with E-state index in [9.17, 15) is 9.59 Å². The summed E-state index contributed by atoms with van der Waals surface area (Å²) in [5.41, 5.74) is 3.76. The lowest BCUT2D eigenvalue weighted by Gasteiger charge is -2.09. The number of hydrogen-bond donors (Lipinski definition) is 2. The quantitative estimate of drug-likeness (QED) is 0.403. The molecule has 8 heteroatoms. The molecule has 2 aromatic carbocycles. The summed E-state index contributed by atoms with van der Waals surface area (Å²) in [6.07, 6.45) is 2.18. The van der Waals surface area contributed by atoms with Gasteiger partial charge in [-0.05, 0) is 55.3 Å². The standard InChI is InChI=1S/C20H21Cl2N3O3/c1-3-13(2)24-19(26)20(27)25-23-11-14-4-8-17(9-5-14)28-12-15-6-7-16(21)10-18(15)22/h4-11,13H,3,12H2,1-2H3,(H,24,26)(H,25,27)/b23-11-/t13-/m1/s1. The molecule has 0 fully saturated rings. The number of hydrazone groups is 1. The molecule has 2 N–H and O–H groups in total. The van der Waals surface area contributed by atoms with E-state index in [4.69, 9.17) is 27.9 Å². The number of ether oxygens (including phenoxy) is 1. The Bertz CT molecular complexity index is 854. The highest BCUT2D eigenvalue weighted by atomic mass is 35.5. The highest BCUT2D eigenvalue weighted by Crippen LogP contribution is 2.22. The maximum atomic E-state index is 11.6. The number of carbonyl (C=O) groups excluding carboxylic acids is 2. The summed E-state index contributed by atoms with van der Waals surface area (Å²) in [6, 6.07) is 12.2. The van der Waals surface area contributed by atoms with Crippen molar-refractivity contribution in [2.24, 2.45) is 5.10 Å². The third-order valence-corrected chi connectivity index (χ3v) is 4.45. The van der Waals surface area contributed by atoms with Gasteiger partial charge in [-0.3, -0.25) is 9.59 Å². The first-order valence-electron chi connectivity index (χ1n) is 8.69. The predicted molar refractivity (Wildman–Crippen MR) is 111 cm³/mol. The normalized spacial score (nSPS) is 11.9. The minimum Gasteiger partial charge on any atom is -0.489 e. The van der Waals surface area contributed by atoms with Gasteiger partial charge in [0.2, 0.25) is 0 Å². The molecule has 0 aliphatic rings. The van der Waals surface area contributed by atoms with E-state index in [1.54, 1.807) is 36.4 Å². The zero-order chi connectivity index (χ0) is 20.5. The van der Waals surface area contributed by atoms with E-state index in [1.807, 2.05) is 19.9 Å². The second kappa shape index (κ2) is 10.7. The first-order valence-corrected chi connectivity index (χ1v) is 9.45. The third kappa shape index (κ3) is 6.87. The van der Waals surface area contributed by atoms with Gasteiger partial charge in [-0.25, -0.2) is 5.43 Å². The molecule has 0 saturated heterocycles. The van der Waals surface area contributed by atoms with Crippen LogP contribution >= 0.6 is 23.2 Å². The molecule has 2 amide bonds. The van der Waals surface area contributed by atoms with Crippen LogP contribution in [0.3, 0.4) is 0 Å². The predicted octanol–water partition coefficient (Wildman–Crippen LogP) is 3.94. The molecule has 0 aliphatic carbocycles. The number of benzene rings is 2. The maximum Gasteiger partial charge on any atom is 0.329 e. The molecule has 6 nitrogen and oxygen atoms in total. The monoisotopic (exact) mass is 421 g/mol. The second-order valence-corrected chi connectivity index (χ2v) is 6.92. The smallest absolute Gasteiger partial charge is 0.329 e. The van der Waals surface area contributed by atoms with Crippen molar-refractivity contribution in [2.75, 3.05) is 0 Å². The van der Waals surface area contributed by atoms with Crippen molar-refractivity contribution in [2.45, 2.75) is 32.9 Å². The Labute approximate surface area is 173 Å². The lowest BCUT2D eigenvalue weighted by molar-refractivity contribution is -0.139. The largest absolute Gasteiger partial charge is 0.489 e. The SMILES string of the molecule is CC[C@@H](C)NC(=O)C(=O)N/N=C\c1ccc(OCc2ccc(Cl)cc2Cl)cc1. The van der Waals surface area contributed by atoms with Crippen LogP contribution in [-0.4, -0.2) is 24.1 Å². The molecule has 2 aromatic rings. The molecular weight excluding hydrogens is 401 g/mol.